The van der Waals surface area contributed by atoms with Gasteiger partial charge in [0.25, 0.3) is 0 Å². The van der Waals surface area contributed by atoms with Crippen LogP contribution in [0.2, 0.25) is 0 Å². The van der Waals surface area contributed by atoms with Crippen LogP contribution in [0.15, 0.2) is 36.9 Å². The highest BCUT2D eigenvalue weighted by atomic mass is 16.5. The third kappa shape index (κ3) is 4.01. The van der Waals surface area contributed by atoms with Gasteiger partial charge in [0.15, 0.2) is 0 Å². The summed E-state index contributed by atoms with van der Waals surface area (Å²) in [5.74, 6) is 0.465. The number of anilines is 1. The summed E-state index contributed by atoms with van der Waals surface area (Å²) in [4.78, 5) is 30.4. The number of nitrogens with zero attached hydrogens (tertiary/aromatic N) is 6. The Labute approximate surface area is 190 Å². The van der Waals surface area contributed by atoms with Crippen molar-refractivity contribution in [2.24, 2.45) is 0 Å². The molecular formula is C24H23N7O2. The van der Waals surface area contributed by atoms with E-state index in [1.807, 2.05) is 19.1 Å². The number of nitrogens with one attached hydrogen (secondary N) is 1. The first-order valence-corrected chi connectivity index (χ1v) is 10.9. The highest BCUT2D eigenvalue weighted by Gasteiger charge is 2.27. The van der Waals surface area contributed by atoms with Gasteiger partial charge in [-0.15, -0.1) is 0 Å². The zero-order valence-corrected chi connectivity index (χ0v) is 18.4. The summed E-state index contributed by atoms with van der Waals surface area (Å²) in [6, 6.07) is 7.79. The van der Waals surface area contributed by atoms with Crippen molar-refractivity contribution in [3.8, 4) is 6.07 Å². The highest BCUT2D eigenvalue weighted by molar-refractivity contribution is 6.03. The first kappa shape index (κ1) is 21.0. The highest BCUT2D eigenvalue weighted by Crippen LogP contribution is 2.34. The van der Waals surface area contributed by atoms with Crippen LogP contribution in [-0.2, 0) is 16.0 Å². The maximum atomic E-state index is 13.0. The third-order valence-electron chi connectivity index (χ3n) is 6.04. The van der Waals surface area contributed by atoms with Crippen LogP contribution in [0.1, 0.15) is 42.9 Å². The number of aryl methyl sites for hydroxylation is 1. The lowest BCUT2D eigenvalue weighted by molar-refractivity contribution is -0.115. The second kappa shape index (κ2) is 8.56. The molecule has 4 heterocycles. The van der Waals surface area contributed by atoms with Crippen LogP contribution >= 0.6 is 0 Å². The van der Waals surface area contributed by atoms with Crippen LogP contribution in [-0.4, -0.2) is 43.1 Å². The van der Waals surface area contributed by atoms with Gasteiger partial charge in [0.2, 0.25) is 5.91 Å². The number of hydrogen-bond donors (Lipinski definition) is 1. The lowest BCUT2D eigenvalue weighted by Gasteiger charge is -2.30. The largest absolute Gasteiger partial charge is 0.378 e. The van der Waals surface area contributed by atoms with Gasteiger partial charge in [-0.1, -0.05) is 0 Å². The number of carbonyl (C=O) groups is 1. The van der Waals surface area contributed by atoms with E-state index >= 15 is 0 Å². The quantitative estimate of drug-likeness (QED) is 0.515. The van der Waals surface area contributed by atoms with E-state index in [0.29, 0.717) is 34.9 Å². The number of hydrogen-bond acceptors (Lipinski definition) is 7. The van der Waals surface area contributed by atoms with Crippen molar-refractivity contribution in [2.75, 3.05) is 11.9 Å². The van der Waals surface area contributed by atoms with Crippen molar-refractivity contribution in [2.45, 2.75) is 45.3 Å². The van der Waals surface area contributed by atoms with E-state index in [9.17, 15) is 10.1 Å². The second-order valence-corrected chi connectivity index (χ2v) is 8.34. The van der Waals surface area contributed by atoms with Gasteiger partial charge in [0.1, 0.15) is 17.7 Å². The minimum absolute atomic E-state index is 0.0915. The summed E-state index contributed by atoms with van der Waals surface area (Å²) >= 11 is 0. The number of nitriles is 1. The average Bonchev–Trinajstić information content (AvgIpc) is 3.18. The van der Waals surface area contributed by atoms with Gasteiger partial charge in [-0.05, 0) is 44.9 Å². The molecule has 0 radical (unpaired) electrons. The topological polar surface area (TPSA) is 119 Å². The van der Waals surface area contributed by atoms with E-state index in [1.165, 1.54) is 6.33 Å². The molecular weight excluding hydrogens is 418 g/mol. The van der Waals surface area contributed by atoms with Crippen LogP contribution < -0.4 is 5.32 Å². The zero-order valence-electron chi connectivity index (χ0n) is 18.4. The summed E-state index contributed by atoms with van der Waals surface area (Å²) in [6.07, 6.45) is 6.60. The van der Waals surface area contributed by atoms with Gasteiger partial charge in [-0.25, -0.2) is 15.0 Å². The molecule has 1 fully saturated rings. The molecule has 0 saturated carbocycles. The molecule has 0 spiro atoms. The summed E-state index contributed by atoms with van der Waals surface area (Å²) < 4.78 is 7.93. The summed E-state index contributed by atoms with van der Waals surface area (Å²) in [6.45, 7) is 4.52. The molecule has 4 aromatic rings. The third-order valence-corrected chi connectivity index (χ3v) is 6.04. The number of pyridine rings is 1. The first-order valence-electron chi connectivity index (χ1n) is 10.9. The van der Waals surface area contributed by atoms with E-state index in [-0.39, 0.29) is 24.5 Å². The van der Waals surface area contributed by atoms with Crippen molar-refractivity contribution in [1.82, 2.24) is 24.5 Å². The van der Waals surface area contributed by atoms with Gasteiger partial charge in [0, 0.05) is 18.0 Å². The van der Waals surface area contributed by atoms with Crippen molar-refractivity contribution in [3.05, 3.63) is 54.0 Å². The van der Waals surface area contributed by atoms with E-state index in [1.54, 1.807) is 18.5 Å². The fraction of sp³-hybridized carbons (Fsp3) is 0.333. The number of carbonyl (C=O) groups excluding carboxylic acids is 1. The lowest BCUT2D eigenvalue weighted by atomic mass is 10.0. The number of ether oxygens (including phenoxy) is 1. The van der Waals surface area contributed by atoms with Crippen LogP contribution in [0, 0.1) is 18.3 Å². The number of rotatable bonds is 4. The molecule has 166 valence electrons. The Balaban J connectivity index is 1.62. The minimum atomic E-state index is -0.195. The van der Waals surface area contributed by atoms with Gasteiger partial charge in [-0.2, -0.15) is 5.26 Å². The predicted octanol–water partition coefficient (Wildman–Crippen LogP) is 3.48. The smallest absolute Gasteiger partial charge is 0.232 e. The summed E-state index contributed by atoms with van der Waals surface area (Å²) in [5, 5.41) is 13.2. The Bertz CT molecular complexity index is 1410. The molecule has 3 aromatic heterocycles. The molecule has 0 aliphatic carbocycles. The van der Waals surface area contributed by atoms with Crippen molar-refractivity contribution < 1.29 is 9.53 Å². The molecule has 1 aliphatic heterocycles. The first-order chi connectivity index (χ1) is 16.0. The molecule has 0 unspecified atom stereocenters. The van der Waals surface area contributed by atoms with Crippen molar-refractivity contribution >= 4 is 33.5 Å². The molecule has 1 aliphatic rings. The molecule has 5 rings (SSSR count). The molecule has 9 heteroatoms. The molecule has 1 amide bonds. The Morgan fingerprint density at radius 1 is 1.30 bits per heavy atom. The SMILES string of the molecule is Cc1ncncc1NC(=O)Cc1nc2cnc3ccc(C#N)cc3c2n1[C@@H]1CCO[C@H](C)C1. The zero-order chi connectivity index (χ0) is 22.9. The second-order valence-electron chi connectivity index (χ2n) is 8.34. The number of aromatic nitrogens is 5. The van der Waals surface area contributed by atoms with Gasteiger partial charge >= 0.3 is 0 Å². The number of fused-ring (bicyclic) bond motifs is 3. The molecule has 33 heavy (non-hydrogen) atoms. The molecule has 1 aromatic carbocycles. The monoisotopic (exact) mass is 441 g/mol. The standard InChI is InChI=1S/C24H23N7O2/c1-14-7-17(5-6-33-14)31-22(9-23(32)30-20-11-26-13-28-15(20)2)29-21-12-27-19-4-3-16(10-25)8-18(19)24(21)31/h3-4,8,11-14,17H,5-7,9H2,1-2H3,(H,30,32)/t14-,17-/m1/s1. The average molecular weight is 441 g/mol. The number of benzene rings is 1. The van der Waals surface area contributed by atoms with Crippen molar-refractivity contribution in [3.63, 3.8) is 0 Å². The maximum absolute atomic E-state index is 13.0. The molecule has 1 N–H and O–H groups in total. The number of imidazole rings is 1. The van der Waals surface area contributed by atoms with Crippen molar-refractivity contribution in [1.29, 1.82) is 5.26 Å². The molecule has 2 atom stereocenters. The Hall–Kier alpha value is -3.90. The van der Waals surface area contributed by atoms with E-state index in [4.69, 9.17) is 9.72 Å². The van der Waals surface area contributed by atoms with Gasteiger partial charge in [0.05, 0.1) is 59.0 Å². The van der Waals surface area contributed by atoms with E-state index < -0.39 is 0 Å². The van der Waals surface area contributed by atoms with Crippen LogP contribution in [0.5, 0.6) is 0 Å². The normalized spacial score (nSPS) is 18.3. The Morgan fingerprint density at radius 2 is 2.18 bits per heavy atom. The van der Waals surface area contributed by atoms with E-state index in [2.05, 4.69) is 37.8 Å². The Morgan fingerprint density at radius 3 is 2.97 bits per heavy atom. The number of amides is 1. The summed E-state index contributed by atoms with van der Waals surface area (Å²) in [7, 11) is 0. The summed E-state index contributed by atoms with van der Waals surface area (Å²) in [5.41, 5.74) is 4.23. The molecule has 0 bridgehead atoms. The van der Waals surface area contributed by atoms with E-state index in [0.717, 1.165) is 29.3 Å². The van der Waals surface area contributed by atoms with Crippen LogP contribution in [0.3, 0.4) is 0 Å². The lowest BCUT2D eigenvalue weighted by Crippen LogP contribution is -2.27. The van der Waals surface area contributed by atoms with Crippen LogP contribution in [0.25, 0.3) is 21.9 Å². The van der Waals surface area contributed by atoms with Gasteiger partial charge < -0.3 is 14.6 Å². The predicted molar refractivity (Wildman–Crippen MR) is 123 cm³/mol. The molecule has 9 nitrogen and oxygen atoms in total. The maximum Gasteiger partial charge on any atom is 0.232 e. The molecule has 1 saturated heterocycles. The minimum Gasteiger partial charge on any atom is -0.378 e. The van der Waals surface area contributed by atoms with Crippen LogP contribution in [0.4, 0.5) is 5.69 Å². The van der Waals surface area contributed by atoms with Gasteiger partial charge in [-0.3, -0.25) is 9.78 Å². The Kier molecular flexibility index (Phi) is 5.44. The fourth-order valence-electron chi connectivity index (χ4n) is 4.47. The fourth-order valence-corrected chi connectivity index (χ4v) is 4.47.